The van der Waals surface area contributed by atoms with Crippen LogP contribution in [-0.2, 0) is 6.54 Å². The van der Waals surface area contributed by atoms with Gasteiger partial charge in [-0.3, -0.25) is 4.79 Å². The van der Waals surface area contributed by atoms with E-state index in [0.29, 0.717) is 17.4 Å². The molecule has 0 spiro atoms. The minimum Gasteiger partial charge on any atom is -0.372 e. The molecule has 0 unspecified atom stereocenters. The normalized spacial score (nSPS) is 10.3. The second-order valence-corrected chi connectivity index (χ2v) is 4.96. The van der Waals surface area contributed by atoms with Gasteiger partial charge in [-0.05, 0) is 17.7 Å². The molecular weight excluding hydrogens is 293 g/mol. The molecule has 0 saturated carbocycles. The maximum Gasteiger partial charge on any atom is 0.257 e. The molecule has 0 atom stereocenters. The lowest BCUT2D eigenvalue weighted by Crippen LogP contribution is -2.27. The first-order valence-corrected chi connectivity index (χ1v) is 6.73. The Morgan fingerprint density at radius 2 is 2.14 bits per heavy atom. The molecule has 1 heterocycles. The minimum atomic E-state index is -0.552. The number of hydrogen-bond acceptors (Lipinski definition) is 3. The van der Waals surface area contributed by atoms with Crippen LogP contribution in [0.25, 0.3) is 0 Å². The Hall–Kier alpha value is -2.14. The van der Waals surface area contributed by atoms with E-state index in [2.05, 4.69) is 10.3 Å². The Morgan fingerprint density at radius 1 is 1.43 bits per heavy atom. The van der Waals surface area contributed by atoms with Gasteiger partial charge in [-0.1, -0.05) is 29.8 Å². The van der Waals surface area contributed by atoms with Crippen molar-refractivity contribution >= 4 is 23.3 Å². The van der Waals surface area contributed by atoms with E-state index in [0.717, 1.165) is 11.8 Å². The van der Waals surface area contributed by atoms with Gasteiger partial charge in [0.25, 0.3) is 5.91 Å². The number of hydrogen-bond donors (Lipinski definition) is 1. The number of aromatic nitrogens is 1. The smallest absolute Gasteiger partial charge is 0.257 e. The summed E-state index contributed by atoms with van der Waals surface area (Å²) in [7, 11) is 3.26. The third kappa shape index (κ3) is 3.49. The largest absolute Gasteiger partial charge is 0.372 e. The van der Waals surface area contributed by atoms with Gasteiger partial charge in [0.2, 0.25) is 0 Å². The standard InChI is InChI=1S/C15H15ClFN3O/c1-18-14-12(7-11(17)8-19-14)15(21)20(2)9-10-5-3-4-6-13(10)16/h3-8H,9H2,1-2H3,(H,18,19). The van der Waals surface area contributed by atoms with Crippen LogP contribution in [0.4, 0.5) is 10.2 Å². The molecule has 0 saturated heterocycles. The summed E-state index contributed by atoms with van der Waals surface area (Å²) < 4.78 is 13.3. The lowest BCUT2D eigenvalue weighted by atomic mass is 10.2. The Labute approximate surface area is 127 Å². The van der Waals surface area contributed by atoms with Crippen molar-refractivity contribution < 1.29 is 9.18 Å². The van der Waals surface area contributed by atoms with Gasteiger partial charge >= 0.3 is 0 Å². The molecule has 21 heavy (non-hydrogen) atoms. The second-order valence-electron chi connectivity index (χ2n) is 4.55. The van der Waals surface area contributed by atoms with Gasteiger partial charge < -0.3 is 10.2 Å². The molecule has 0 aliphatic heterocycles. The number of benzene rings is 1. The van der Waals surface area contributed by atoms with E-state index in [-0.39, 0.29) is 11.5 Å². The molecule has 110 valence electrons. The van der Waals surface area contributed by atoms with Gasteiger partial charge in [-0.15, -0.1) is 0 Å². The highest BCUT2D eigenvalue weighted by Crippen LogP contribution is 2.19. The van der Waals surface area contributed by atoms with Crippen LogP contribution in [0.1, 0.15) is 15.9 Å². The lowest BCUT2D eigenvalue weighted by Gasteiger charge is -2.19. The summed E-state index contributed by atoms with van der Waals surface area (Å²) in [6, 6.07) is 8.45. The molecular formula is C15H15ClFN3O. The van der Waals surface area contributed by atoms with E-state index in [1.165, 1.54) is 11.0 Å². The minimum absolute atomic E-state index is 0.187. The van der Waals surface area contributed by atoms with E-state index in [1.807, 2.05) is 18.2 Å². The lowest BCUT2D eigenvalue weighted by molar-refractivity contribution is 0.0785. The molecule has 1 amide bonds. The highest BCUT2D eigenvalue weighted by molar-refractivity contribution is 6.31. The number of carbonyl (C=O) groups excluding carboxylic acids is 1. The number of pyridine rings is 1. The molecule has 6 heteroatoms. The molecule has 1 N–H and O–H groups in total. The second kappa shape index (κ2) is 6.54. The highest BCUT2D eigenvalue weighted by atomic mass is 35.5. The molecule has 0 aliphatic rings. The number of amides is 1. The van der Waals surface area contributed by atoms with Gasteiger partial charge in [-0.2, -0.15) is 0 Å². The number of anilines is 1. The van der Waals surface area contributed by atoms with Crippen molar-refractivity contribution in [1.29, 1.82) is 0 Å². The van der Waals surface area contributed by atoms with Crippen LogP contribution in [0, 0.1) is 5.82 Å². The van der Waals surface area contributed by atoms with Crippen LogP contribution in [0.3, 0.4) is 0 Å². The van der Waals surface area contributed by atoms with E-state index in [1.54, 1.807) is 20.2 Å². The zero-order chi connectivity index (χ0) is 15.4. The SMILES string of the molecule is CNc1ncc(F)cc1C(=O)N(C)Cc1ccccc1Cl. The zero-order valence-corrected chi connectivity index (χ0v) is 12.5. The highest BCUT2D eigenvalue weighted by Gasteiger charge is 2.18. The molecule has 0 bridgehead atoms. The number of carbonyl (C=O) groups is 1. The van der Waals surface area contributed by atoms with Crippen molar-refractivity contribution in [2.45, 2.75) is 6.54 Å². The first-order valence-electron chi connectivity index (χ1n) is 6.35. The predicted molar refractivity (Wildman–Crippen MR) is 81.0 cm³/mol. The maximum atomic E-state index is 13.3. The van der Waals surface area contributed by atoms with Gasteiger partial charge in [-0.25, -0.2) is 9.37 Å². The molecule has 0 radical (unpaired) electrons. The van der Waals surface area contributed by atoms with Gasteiger partial charge in [0.1, 0.15) is 11.6 Å². The monoisotopic (exact) mass is 307 g/mol. The number of nitrogens with zero attached hydrogens (tertiary/aromatic N) is 2. The Kier molecular flexibility index (Phi) is 4.75. The fourth-order valence-corrected chi connectivity index (χ4v) is 2.16. The van der Waals surface area contributed by atoms with Crippen LogP contribution < -0.4 is 5.32 Å². The van der Waals surface area contributed by atoms with Crippen LogP contribution >= 0.6 is 11.6 Å². The summed E-state index contributed by atoms with van der Waals surface area (Å²) in [5.41, 5.74) is 1.01. The Bertz CT molecular complexity index is 663. The third-order valence-electron chi connectivity index (χ3n) is 3.03. The third-order valence-corrected chi connectivity index (χ3v) is 3.40. The topological polar surface area (TPSA) is 45.2 Å². The number of rotatable bonds is 4. The first-order chi connectivity index (χ1) is 10.0. The van der Waals surface area contributed by atoms with Gasteiger partial charge in [0.05, 0.1) is 11.8 Å². The Balaban J connectivity index is 2.24. The van der Waals surface area contributed by atoms with E-state index in [9.17, 15) is 9.18 Å². The van der Waals surface area contributed by atoms with Crippen LogP contribution in [0.15, 0.2) is 36.5 Å². The number of halogens is 2. The van der Waals surface area contributed by atoms with Crippen molar-refractivity contribution in [2.24, 2.45) is 0 Å². The average molecular weight is 308 g/mol. The summed E-state index contributed by atoms with van der Waals surface area (Å²) in [4.78, 5) is 17.8. The molecule has 0 aliphatic carbocycles. The van der Waals surface area contributed by atoms with Gasteiger partial charge in [0, 0.05) is 25.7 Å². The molecule has 1 aromatic carbocycles. The molecule has 4 nitrogen and oxygen atoms in total. The molecule has 2 aromatic rings. The van der Waals surface area contributed by atoms with Crippen molar-refractivity contribution in [3.05, 3.63) is 58.5 Å². The fraction of sp³-hybridized carbons (Fsp3) is 0.200. The molecule has 2 rings (SSSR count). The molecule has 1 aromatic heterocycles. The summed E-state index contributed by atoms with van der Waals surface area (Å²) in [6.45, 7) is 0.332. The quantitative estimate of drug-likeness (QED) is 0.943. The van der Waals surface area contributed by atoms with E-state index in [4.69, 9.17) is 11.6 Å². The van der Waals surface area contributed by atoms with Crippen LogP contribution in [0.2, 0.25) is 5.02 Å². The average Bonchev–Trinajstić information content (AvgIpc) is 2.48. The summed E-state index contributed by atoms with van der Waals surface area (Å²) in [5.74, 6) is -0.540. The van der Waals surface area contributed by atoms with E-state index < -0.39 is 5.82 Å². The van der Waals surface area contributed by atoms with Crippen LogP contribution in [-0.4, -0.2) is 29.9 Å². The van der Waals surface area contributed by atoms with Gasteiger partial charge in [0.15, 0.2) is 0 Å². The summed E-state index contributed by atoms with van der Waals surface area (Å²) in [5, 5.41) is 3.37. The predicted octanol–water partition coefficient (Wildman–Crippen LogP) is 3.19. The van der Waals surface area contributed by atoms with E-state index >= 15 is 0 Å². The fourth-order valence-electron chi connectivity index (χ4n) is 1.96. The van der Waals surface area contributed by atoms with Crippen molar-refractivity contribution in [3.63, 3.8) is 0 Å². The molecule has 0 fully saturated rings. The zero-order valence-electron chi connectivity index (χ0n) is 11.7. The maximum absolute atomic E-state index is 13.3. The van der Waals surface area contributed by atoms with Crippen molar-refractivity contribution in [2.75, 3.05) is 19.4 Å². The van der Waals surface area contributed by atoms with Crippen molar-refractivity contribution in [3.8, 4) is 0 Å². The first kappa shape index (κ1) is 15.3. The van der Waals surface area contributed by atoms with Crippen LogP contribution in [0.5, 0.6) is 0 Å². The number of nitrogens with one attached hydrogen (secondary N) is 1. The Morgan fingerprint density at radius 3 is 2.81 bits per heavy atom. The summed E-state index contributed by atoms with van der Waals surface area (Å²) >= 11 is 6.08. The summed E-state index contributed by atoms with van der Waals surface area (Å²) in [6.07, 6.45) is 1.07. The van der Waals surface area contributed by atoms with Crippen molar-refractivity contribution in [1.82, 2.24) is 9.88 Å².